The normalized spacial score (nSPS) is 17.5. The van der Waals surface area contributed by atoms with Crippen molar-refractivity contribution in [3.05, 3.63) is 58.9 Å². The lowest BCUT2D eigenvalue weighted by Gasteiger charge is -2.29. The molecule has 4 rings (SSSR count). The smallest absolute Gasteiger partial charge is 0.412 e. The van der Waals surface area contributed by atoms with Crippen molar-refractivity contribution in [1.82, 2.24) is 10.2 Å². The van der Waals surface area contributed by atoms with Gasteiger partial charge in [-0.3, -0.25) is 25.0 Å². The lowest BCUT2D eigenvalue weighted by molar-refractivity contribution is -0.136. The molecule has 0 bridgehead atoms. The van der Waals surface area contributed by atoms with E-state index in [0.717, 1.165) is 5.56 Å². The summed E-state index contributed by atoms with van der Waals surface area (Å²) < 4.78 is 24.7. The van der Waals surface area contributed by atoms with E-state index >= 15 is 0 Å². The number of rotatable bonds is 6. The molecule has 2 N–H and O–H groups in total. The number of piperidine rings is 1. The quantitative estimate of drug-likeness (QED) is 0.629. The van der Waals surface area contributed by atoms with E-state index in [-0.39, 0.29) is 49.6 Å². The number of nitrogens with one attached hydrogen (secondary N) is 2. The Morgan fingerprint density at radius 3 is 2.74 bits per heavy atom. The lowest BCUT2D eigenvalue weighted by atomic mass is 10.0. The predicted octanol–water partition coefficient (Wildman–Crippen LogP) is 3.12. The van der Waals surface area contributed by atoms with Gasteiger partial charge in [0, 0.05) is 24.6 Å². The topological polar surface area (TPSA) is 114 Å². The zero-order valence-corrected chi connectivity index (χ0v) is 18.7. The van der Waals surface area contributed by atoms with Crippen LogP contribution in [0.4, 0.5) is 14.9 Å². The molecule has 2 heterocycles. The van der Waals surface area contributed by atoms with Gasteiger partial charge in [0.05, 0.1) is 11.8 Å². The Bertz CT molecular complexity index is 1170. The van der Waals surface area contributed by atoms with E-state index in [1.165, 1.54) is 23.1 Å². The van der Waals surface area contributed by atoms with Crippen molar-refractivity contribution in [2.75, 3.05) is 5.32 Å². The molecular weight excluding hydrogens is 445 g/mol. The molecule has 2 aliphatic heterocycles. The number of fused-ring (bicyclic) bond motifs is 1. The third-order valence-corrected chi connectivity index (χ3v) is 5.51. The van der Waals surface area contributed by atoms with Crippen LogP contribution in [0.15, 0.2) is 36.4 Å². The van der Waals surface area contributed by atoms with Crippen LogP contribution < -0.4 is 15.4 Å². The van der Waals surface area contributed by atoms with Gasteiger partial charge in [-0.2, -0.15) is 0 Å². The lowest BCUT2D eigenvalue weighted by Crippen LogP contribution is -2.52. The van der Waals surface area contributed by atoms with Gasteiger partial charge >= 0.3 is 6.09 Å². The standard InChI is InChI=1S/C24H24FN3O6/c1-13(2)34-16-5-6-18(25)19(10-16)26-24(32)33-12-14-3-4-15-11-28(23(31)17(15)9-14)20-7-8-21(29)27-22(20)30/h3-6,9-10,13,20H,7-8,11-12H2,1-2H3,(H,26,32)(H,27,29,30). The van der Waals surface area contributed by atoms with Gasteiger partial charge in [-0.1, -0.05) is 12.1 Å². The van der Waals surface area contributed by atoms with Crippen LogP contribution in [0.2, 0.25) is 0 Å². The van der Waals surface area contributed by atoms with Gasteiger partial charge in [0.15, 0.2) is 0 Å². The second-order valence-electron chi connectivity index (χ2n) is 8.40. The number of hydrogen-bond donors (Lipinski definition) is 2. The number of anilines is 1. The molecule has 10 heteroatoms. The Balaban J connectivity index is 1.38. The monoisotopic (exact) mass is 469 g/mol. The molecule has 1 atom stereocenters. The van der Waals surface area contributed by atoms with Crippen LogP contribution >= 0.6 is 0 Å². The van der Waals surface area contributed by atoms with E-state index < -0.39 is 23.9 Å². The van der Waals surface area contributed by atoms with Gasteiger partial charge in [-0.25, -0.2) is 9.18 Å². The predicted molar refractivity (Wildman–Crippen MR) is 118 cm³/mol. The van der Waals surface area contributed by atoms with Crippen molar-refractivity contribution in [2.45, 2.75) is 52.0 Å². The zero-order valence-electron chi connectivity index (χ0n) is 18.7. The number of nitrogens with zero attached hydrogens (tertiary/aromatic N) is 1. The van der Waals surface area contributed by atoms with Gasteiger partial charge in [0.25, 0.3) is 5.91 Å². The SMILES string of the molecule is CC(C)Oc1ccc(F)c(NC(=O)OCc2ccc3c(c2)C(=O)N(C2CCC(=O)NC2=O)C3)c1. The molecule has 0 aromatic heterocycles. The number of hydrogen-bond acceptors (Lipinski definition) is 6. The summed E-state index contributed by atoms with van der Waals surface area (Å²) in [6, 6.07) is 8.38. The maximum atomic E-state index is 14.0. The van der Waals surface area contributed by atoms with Crippen LogP contribution in [0, 0.1) is 5.82 Å². The molecule has 34 heavy (non-hydrogen) atoms. The maximum absolute atomic E-state index is 14.0. The largest absolute Gasteiger partial charge is 0.491 e. The summed E-state index contributed by atoms with van der Waals surface area (Å²) in [4.78, 5) is 50.1. The van der Waals surface area contributed by atoms with Crippen LogP contribution in [0.5, 0.6) is 5.75 Å². The molecule has 2 aromatic carbocycles. The van der Waals surface area contributed by atoms with Crippen LogP contribution in [-0.4, -0.2) is 40.9 Å². The van der Waals surface area contributed by atoms with Gasteiger partial charge < -0.3 is 14.4 Å². The Hall–Kier alpha value is -3.95. The number of carbonyl (C=O) groups excluding carboxylic acids is 4. The summed E-state index contributed by atoms with van der Waals surface area (Å²) >= 11 is 0. The highest BCUT2D eigenvalue weighted by atomic mass is 19.1. The summed E-state index contributed by atoms with van der Waals surface area (Å²) in [6.45, 7) is 3.77. The van der Waals surface area contributed by atoms with Crippen LogP contribution in [0.1, 0.15) is 48.2 Å². The van der Waals surface area contributed by atoms with E-state index in [4.69, 9.17) is 9.47 Å². The molecule has 0 radical (unpaired) electrons. The summed E-state index contributed by atoms with van der Waals surface area (Å²) in [5, 5.41) is 4.61. The first kappa shape index (κ1) is 23.2. The highest BCUT2D eigenvalue weighted by Crippen LogP contribution is 2.28. The van der Waals surface area contributed by atoms with Crippen molar-refractivity contribution in [3.63, 3.8) is 0 Å². The number of carbonyl (C=O) groups is 4. The van der Waals surface area contributed by atoms with E-state index in [1.54, 1.807) is 18.2 Å². The molecule has 0 saturated carbocycles. The molecule has 0 spiro atoms. The maximum Gasteiger partial charge on any atom is 0.412 e. The highest BCUT2D eigenvalue weighted by molar-refractivity contribution is 6.05. The van der Waals surface area contributed by atoms with Crippen molar-refractivity contribution in [1.29, 1.82) is 0 Å². The Morgan fingerprint density at radius 1 is 1.21 bits per heavy atom. The zero-order chi connectivity index (χ0) is 24.4. The third kappa shape index (κ3) is 5.00. The molecule has 1 fully saturated rings. The van der Waals surface area contributed by atoms with E-state index in [2.05, 4.69) is 10.6 Å². The fourth-order valence-electron chi connectivity index (χ4n) is 3.93. The van der Waals surface area contributed by atoms with E-state index in [1.807, 2.05) is 13.8 Å². The van der Waals surface area contributed by atoms with E-state index in [9.17, 15) is 23.6 Å². The van der Waals surface area contributed by atoms with Gasteiger partial charge in [0.2, 0.25) is 11.8 Å². The minimum Gasteiger partial charge on any atom is -0.491 e. The molecule has 9 nitrogen and oxygen atoms in total. The Kier molecular flexibility index (Phi) is 6.49. The first-order valence-electron chi connectivity index (χ1n) is 10.9. The molecule has 2 aromatic rings. The first-order chi connectivity index (χ1) is 16.2. The average Bonchev–Trinajstić information content (AvgIpc) is 3.10. The van der Waals surface area contributed by atoms with Gasteiger partial charge in [-0.15, -0.1) is 0 Å². The highest BCUT2D eigenvalue weighted by Gasteiger charge is 2.39. The number of halogens is 1. The fourth-order valence-corrected chi connectivity index (χ4v) is 3.93. The summed E-state index contributed by atoms with van der Waals surface area (Å²) in [7, 11) is 0. The Morgan fingerprint density at radius 2 is 2.00 bits per heavy atom. The summed E-state index contributed by atoms with van der Waals surface area (Å²) in [5.41, 5.74) is 1.64. The fraction of sp³-hybridized carbons (Fsp3) is 0.333. The van der Waals surface area contributed by atoms with Crippen molar-refractivity contribution < 1.29 is 33.0 Å². The number of amides is 4. The second-order valence-corrected chi connectivity index (χ2v) is 8.40. The van der Waals surface area contributed by atoms with Crippen molar-refractivity contribution >= 4 is 29.5 Å². The summed E-state index contributed by atoms with van der Waals surface area (Å²) in [5.74, 6) is -1.37. The number of imide groups is 1. The minimum absolute atomic E-state index is 0.0767. The molecule has 0 aliphatic carbocycles. The van der Waals surface area contributed by atoms with Crippen LogP contribution in [-0.2, 0) is 27.5 Å². The number of ether oxygens (including phenoxy) is 2. The van der Waals surface area contributed by atoms with Crippen molar-refractivity contribution in [2.24, 2.45) is 0 Å². The van der Waals surface area contributed by atoms with Gasteiger partial charge in [-0.05, 0) is 49.6 Å². The first-order valence-corrected chi connectivity index (χ1v) is 10.9. The van der Waals surface area contributed by atoms with Crippen LogP contribution in [0.25, 0.3) is 0 Å². The van der Waals surface area contributed by atoms with E-state index in [0.29, 0.717) is 16.9 Å². The molecular formula is C24H24FN3O6. The minimum atomic E-state index is -0.863. The second kappa shape index (κ2) is 9.50. The Labute approximate surface area is 195 Å². The molecule has 4 amide bonds. The van der Waals surface area contributed by atoms with Gasteiger partial charge in [0.1, 0.15) is 24.2 Å². The van der Waals surface area contributed by atoms with Crippen LogP contribution in [0.3, 0.4) is 0 Å². The molecule has 1 saturated heterocycles. The summed E-state index contributed by atoms with van der Waals surface area (Å²) in [6.07, 6.45) is -0.519. The average molecular weight is 469 g/mol. The number of benzene rings is 2. The molecule has 178 valence electrons. The van der Waals surface area contributed by atoms with Crippen molar-refractivity contribution in [3.8, 4) is 5.75 Å². The molecule has 2 aliphatic rings. The molecule has 1 unspecified atom stereocenters. The third-order valence-electron chi connectivity index (χ3n) is 5.51.